The zero-order valence-electron chi connectivity index (χ0n) is 10.9. The highest BCUT2D eigenvalue weighted by Crippen LogP contribution is 2.09. The summed E-state index contributed by atoms with van der Waals surface area (Å²) in [4.78, 5) is 11.8. The summed E-state index contributed by atoms with van der Waals surface area (Å²) in [6, 6.07) is 7.10. The molecule has 1 N–H and O–H groups in total. The first-order valence-electron chi connectivity index (χ1n) is 5.65. The number of carbonyl (C=O) groups is 1. The van der Waals surface area contributed by atoms with Crippen LogP contribution >= 0.6 is 0 Å². The largest absolute Gasteiger partial charge is 0.497 e. The van der Waals surface area contributed by atoms with Crippen LogP contribution in [0.2, 0.25) is 0 Å². The molecule has 0 radical (unpaired) electrons. The SMILES string of the molecule is COc1ccc(/C=N\NC(=O)c2no[n+]([O-])c2C)cc1. The molecule has 0 atom stereocenters. The summed E-state index contributed by atoms with van der Waals surface area (Å²) in [5.74, 6) is 0.106. The summed E-state index contributed by atoms with van der Waals surface area (Å²) < 4.78 is 9.31. The molecule has 20 heavy (non-hydrogen) atoms. The summed E-state index contributed by atoms with van der Waals surface area (Å²) in [7, 11) is 1.58. The molecule has 104 valence electrons. The highest BCUT2D eigenvalue weighted by molar-refractivity contribution is 5.93. The number of aromatic nitrogens is 2. The van der Waals surface area contributed by atoms with Crippen molar-refractivity contribution in [2.75, 3.05) is 7.11 Å². The molecule has 8 heteroatoms. The summed E-state index contributed by atoms with van der Waals surface area (Å²) in [6.45, 7) is 1.42. The van der Waals surface area contributed by atoms with E-state index in [0.717, 1.165) is 11.3 Å². The average Bonchev–Trinajstić information content (AvgIpc) is 2.80. The fourth-order valence-electron chi connectivity index (χ4n) is 1.41. The number of ether oxygens (including phenoxy) is 1. The molecular formula is C12H12N4O4. The molecule has 0 unspecified atom stereocenters. The van der Waals surface area contributed by atoms with Gasteiger partial charge in [-0.15, -0.1) is 0 Å². The first-order valence-corrected chi connectivity index (χ1v) is 5.65. The van der Waals surface area contributed by atoms with Gasteiger partial charge in [0.2, 0.25) is 5.69 Å². The van der Waals surface area contributed by atoms with Crippen molar-refractivity contribution < 1.29 is 19.1 Å². The van der Waals surface area contributed by atoms with Crippen LogP contribution in [-0.2, 0) is 0 Å². The van der Waals surface area contributed by atoms with Crippen LogP contribution in [0.3, 0.4) is 0 Å². The first kappa shape index (κ1) is 13.5. The number of carbonyl (C=O) groups excluding carboxylic acids is 1. The highest BCUT2D eigenvalue weighted by Gasteiger charge is 2.22. The topological polar surface area (TPSA) is 104 Å². The second-order valence-electron chi connectivity index (χ2n) is 3.84. The van der Waals surface area contributed by atoms with Gasteiger partial charge in [0.25, 0.3) is 0 Å². The van der Waals surface area contributed by atoms with E-state index in [0.29, 0.717) is 0 Å². The number of rotatable bonds is 4. The Labute approximate surface area is 114 Å². The minimum absolute atomic E-state index is 0.0714. The molecular weight excluding hydrogens is 264 g/mol. The molecule has 1 heterocycles. The fraction of sp³-hybridized carbons (Fsp3) is 0.167. The lowest BCUT2D eigenvalue weighted by atomic mass is 10.2. The van der Waals surface area contributed by atoms with Gasteiger partial charge in [-0.25, -0.2) is 5.43 Å². The van der Waals surface area contributed by atoms with Gasteiger partial charge in [0.15, 0.2) is 0 Å². The van der Waals surface area contributed by atoms with Crippen LogP contribution in [0.25, 0.3) is 0 Å². The number of hydrogen-bond donors (Lipinski definition) is 1. The number of nitrogens with one attached hydrogen (secondary N) is 1. The molecule has 0 spiro atoms. The van der Waals surface area contributed by atoms with Crippen molar-refractivity contribution in [3.63, 3.8) is 0 Å². The van der Waals surface area contributed by atoms with Crippen LogP contribution in [0.4, 0.5) is 0 Å². The number of benzene rings is 1. The van der Waals surface area contributed by atoms with E-state index in [1.807, 2.05) is 0 Å². The normalized spacial score (nSPS) is 10.7. The lowest BCUT2D eigenvalue weighted by Crippen LogP contribution is -2.28. The van der Waals surface area contributed by atoms with Crippen LogP contribution in [0, 0.1) is 12.1 Å². The minimum Gasteiger partial charge on any atom is -0.497 e. The van der Waals surface area contributed by atoms with Crippen molar-refractivity contribution in [1.82, 2.24) is 10.6 Å². The number of methoxy groups -OCH3 is 1. The second kappa shape index (κ2) is 5.83. The zero-order chi connectivity index (χ0) is 14.5. The average molecular weight is 276 g/mol. The number of hydrogen-bond acceptors (Lipinski definition) is 6. The van der Waals surface area contributed by atoms with Crippen LogP contribution in [0.1, 0.15) is 21.7 Å². The van der Waals surface area contributed by atoms with Gasteiger partial charge in [0, 0.05) is 6.92 Å². The van der Waals surface area contributed by atoms with E-state index in [2.05, 4.69) is 20.3 Å². The molecule has 2 rings (SSSR count). The third-order valence-corrected chi connectivity index (χ3v) is 2.53. The molecule has 1 aromatic heterocycles. The molecule has 0 aliphatic rings. The zero-order valence-corrected chi connectivity index (χ0v) is 10.9. The minimum atomic E-state index is -0.620. The van der Waals surface area contributed by atoms with Gasteiger partial charge in [0.05, 0.1) is 18.5 Å². The highest BCUT2D eigenvalue weighted by atomic mass is 16.8. The van der Waals surface area contributed by atoms with Crippen LogP contribution in [-0.4, -0.2) is 24.4 Å². The third kappa shape index (κ3) is 2.91. The van der Waals surface area contributed by atoms with E-state index in [9.17, 15) is 10.0 Å². The van der Waals surface area contributed by atoms with Gasteiger partial charge in [-0.2, -0.15) is 5.10 Å². The van der Waals surface area contributed by atoms with Gasteiger partial charge in [0.1, 0.15) is 5.75 Å². The van der Waals surface area contributed by atoms with Crippen molar-refractivity contribution in [2.45, 2.75) is 6.92 Å². The Bertz CT molecular complexity index is 633. The molecule has 1 aromatic carbocycles. The van der Waals surface area contributed by atoms with Crippen LogP contribution in [0.15, 0.2) is 34.0 Å². The van der Waals surface area contributed by atoms with Gasteiger partial charge in [-0.1, -0.05) is 0 Å². The Kier molecular flexibility index (Phi) is 3.94. The Hall–Kier alpha value is -2.90. The molecule has 0 fully saturated rings. The standard InChI is InChI=1S/C12H12N4O4/c1-8-11(15-20-16(8)18)12(17)14-13-7-9-3-5-10(19-2)6-4-9/h3-7H,1-2H3,(H,14,17)/b13-7-. The van der Waals surface area contributed by atoms with E-state index >= 15 is 0 Å². The lowest BCUT2D eigenvalue weighted by Gasteiger charge is -1.98. The lowest BCUT2D eigenvalue weighted by molar-refractivity contribution is -0.806. The molecule has 2 aromatic rings. The first-order chi connectivity index (χ1) is 9.61. The van der Waals surface area contributed by atoms with E-state index < -0.39 is 5.91 Å². The molecule has 0 bridgehead atoms. The smallest absolute Gasteiger partial charge is 0.322 e. The van der Waals surface area contributed by atoms with E-state index in [1.165, 1.54) is 13.1 Å². The number of hydrazone groups is 1. The maximum Gasteiger partial charge on any atom is 0.322 e. The van der Waals surface area contributed by atoms with Gasteiger partial charge < -0.3 is 9.94 Å². The van der Waals surface area contributed by atoms with Crippen molar-refractivity contribution in [2.24, 2.45) is 5.10 Å². The Morgan fingerprint density at radius 2 is 2.20 bits per heavy atom. The number of amides is 1. The van der Waals surface area contributed by atoms with Gasteiger partial charge in [-0.3, -0.25) is 9.42 Å². The Balaban J connectivity index is 1.98. The maximum absolute atomic E-state index is 11.6. The van der Waals surface area contributed by atoms with Crippen molar-refractivity contribution in [1.29, 1.82) is 0 Å². The predicted molar refractivity (Wildman–Crippen MR) is 68.3 cm³/mol. The Morgan fingerprint density at radius 1 is 1.50 bits per heavy atom. The van der Waals surface area contributed by atoms with E-state index in [4.69, 9.17) is 4.74 Å². The van der Waals surface area contributed by atoms with Crippen LogP contribution < -0.4 is 15.1 Å². The van der Waals surface area contributed by atoms with Crippen molar-refractivity contribution in [3.05, 3.63) is 46.4 Å². The van der Waals surface area contributed by atoms with Gasteiger partial charge in [-0.05, 0) is 34.7 Å². The third-order valence-electron chi connectivity index (χ3n) is 2.53. The predicted octanol–water partition coefficient (Wildman–Crippen LogP) is 0.389. The van der Waals surface area contributed by atoms with E-state index in [-0.39, 0.29) is 16.3 Å². The summed E-state index contributed by atoms with van der Waals surface area (Å²) in [6.07, 6.45) is 1.46. The van der Waals surface area contributed by atoms with Crippen molar-refractivity contribution >= 4 is 12.1 Å². The summed E-state index contributed by atoms with van der Waals surface area (Å²) in [5.41, 5.74) is 3.00. The molecule has 1 amide bonds. The molecule has 0 aliphatic heterocycles. The quantitative estimate of drug-likeness (QED) is 0.494. The van der Waals surface area contributed by atoms with E-state index in [1.54, 1.807) is 31.4 Å². The summed E-state index contributed by atoms with van der Waals surface area (Å²) in [5, 5.41) is 18.1. The molecule has 0 aliphatic carbocycles. The van der Waals surface area contributed by atoms with Crippen LogP contribution in [0.5, 0.6) is 5.75 Å². The molecule has 0 saturated heterocycles. The monoisotopic (exact) mass is 276 g/mol. The maximum atomic E-state index is 11.6. The summed E-state index contributed by atoms with van der Waals surface area (Å²) >= 11 is 0. The Morgan fingerprint density at radius 3 is 2.75 bits per heavy atom. The van der Waals surface area contributed by atoms with Crippen molar-refractivity contribution in [3.8, 4) is 5.75 Å². The van der Waals surface area contributed by atoms with Gasteiger partial charge >= 0.3 is 11.6 Å². The second-order valence-corrected chi connectivity index (χ2v) is 3.84. The molecule has 8 nitrogen and oxygen atoms in total. The molecule has 0 saturated carbocycles. The fourth-order valence-corrected chi connectivity index (χ4v) is 1.41. The number of nitrogens with zero attached hydrogens (tertiary/aromatic N) is 3.